The van der Waals surface area contributed by atoms with Crippen LogP contribution in [0.3, 0.4) is 0 Å². The van der Waals surface area contributed by atoms with Crippen LogP contribution in [0.1, 0.15) is 104 Å². The van der Waals surface area contributed by atoms with Crippen molar-refractivity contribution in [3.63, 3.8) is 0 Å². The molecule has 0 aromatic heterocycles. The lowest BCUT2D eigenvalue weighted by molar-refractivity contribution is -0.149. The Morgan fingerprint density at radius 3 is 1.75 bits per heavy atom. The molecule has 0 saturated carbocycles. The smallest absolute Gasteiger partial charge is 0.306 e. The van der Waals surface area contributed by atoms with E-state index < -0.39 is 0 Å². The molecule has 1 rings (SSSR count). The van der Waals surface area contributed by atoms with Crippen LogP contribution in [-0.2, 0) is 9.53 Å². The zero-order valence-electron chi connectivity index (χ0n) is 13.7. The highest BCUT2D eigenvalue weighted by Gasteiger charge is 2.38. The molecule has 0 aromatic carbocycles. The number of carbonyl (C=O) groups is 1. The Kier molecular flexibility index (Phi) is 8.97. The van der Waals surface area contributed by atoms with Gasteiger partial charge in [0.1, 0.15) is 5.60 Å². The first-order chi connectivity index (χ1) is 9.72. The fourth-order valence-electron chi connectivity index (χ4n) is 3.25. The van der Waals surface area contributed by atoms with Gasteiger partial charge in [-0.1, -0.05) is 65.2 Å². The van der Waals surface area contributed by atoms with Crippen LogP contribution in [0.4, 0.5) is 0 Å². The second-order valence-electron chi connectivity index (χ2n) is 6.49. The molecule has 1 aliphatic heterocycles. The number of hydrogen-bond donors (Lipinski definition) is 0. The van der Waals surface area contributed by atoms with E-state index in [1.165, 1.54) is 64.2 Å². The minimum absolute atomic E-state index is 0.0344. The number of esters is 1. The van der Waals surface area contributed by atoms with Crippen LogP contribution >= 0.6 is 0 Å². The van der Waals surface area contributed by atoms with Gasteiger partial charge in [0.25, 0.3) is 0 Å². The van der Waals surface area contributed by atoms with Crippen molar-refractivity contribution in [1.82, 2.24) is 0 Å². The third kappa shape index (κ3) is 6.76. The van der Waals surface area contributed by atoms with Crippen LogP contribution in [-0.4, -0.2) is 11.6 Å². The molecule has 0 aromatic rings. The Bertz CT molecular complexity index is 246. The van der Waals surface area contributed by atoms with Crippen molar-refractivity contribution >= 4 is 5.97 Å². The number of cyclic esters (lactones) is 1. The number of rotatable bonds is 12. The normalized spacial score (nSPS) is 17.4. The zero-order valence-corrected chi connectivity index (χ0v) is 13.7. The Hall–Kier alpha value is -0.530. The summed E-state index contributed by atoms with van der Waals surface area (Å²) in [6.45, 7) is 4.49. The first kappa shape index (κ1) is 17.5. The van der Waals surface area contributed by atoms with Gasteiger partial charge in [-0.05, 0) is 32.1 Å². The van der Waals surface area contributed by atoms with E-state index in [0.717, 1.165) is 19.3 Å². The van der Waals surface area contributed by atoms with Gasteiger partial charge in [0.15, 0.2) is 0 Å². The van der Waals surface area contributed by atoms with Crippen LogP contribution in [0.25, 0.3) is 0 Å². The second kappa shape index (κ2) is 10.2. The standard InChI is InChI=1S/C18H34O2/c1-3-5-7-9-11-14-18(16-13-17(19)20-18)15-12-10-8-6-4-2/h3-16H2,1-2H3. The largest absolute Gasteiger partial charge is 0.459 e. The molecule has 1 heterocycles. The molecule has 118 valence electrons. The Morgan fingerprint density at radius 2 is 1.35 bits per heavy atom. The molecule has 0 unspecified atom stereocenters. The zero-order chi connectivity index (χ0) is 14.7. The summed E-state index contributed by atoms with van der Waals surface area (Å²) in [5.41, 5.74) is -0.0878. The first-order valence-electron chi connectivity index (χ1n) is 8.94. The lowest BCUT2D eigenvalue weighted by atomic mass is 9.87. The molecule has 0 N–H and O–H groups in total. The van der Waals surface area contributed by atoms with E-state index in [9.17, 15) is 4.79 Å². The van der Waals surface area contributed by atoms with Crippen molar-refractivity contribution in [1.29, 1.82) is 0 Å². The van der Waals surface area contributed by atoms with Crippen LogP contribution in [0.5, 0.6) is 0 Å². The fraction of sp³-hybridized carbons (Fsp3) is 0.944. The third-order valence-electron chi connectivity index (χ3n) is 4.59. The maximum atomic E-state index is 11.5. The Labute approximate surface area is 125 Å². The second-order valence-corrected chi connectivity index (χ2v) is 6.49. The van der Waals surface area contributed by atoms with Crippen LogP contribution in [0.15, 0.2) is 0 Å². The number of unbranched alkanes of at least 4 members (excludes halogenated alkanes) is 8. The summed E-state index contributed by atoms with van der Waals surface area (Å²) >= 11 is 0. The molecule has 2 heteroatoms. The fourth-order valence-corrected chi connectivity index (χ4v) is 3.25. The number of carbonyl (C=O) groups excluding carboxylic acids is 1. The molecule has 1 saturated heterocycles. The Morgan fingerprint density at radius 1 is 0.850 bits per heavy atom. The summed E-state index contributed by atoms with van der Waals surface area (Å²) in [5, 5.41) is 0. The predicted molar refractivity (Wildman–Crippen MR) is 84.8 cm³/mol. The van der Waals surface area contributed by atoms with Gasteiger partial charge in [-0.15, -0.1) is 0 Å². The summed E-state index contributed by atoms with van der Waals surface area (Å²) < 4.78 is 5.72. The van der Waals surface area contributed by atoms with Crippen molar-refractivity contribution in [2.45, 2.75) is 109 Å². The van der Waals surface area contributed by atoms with Gasteiger partial charge in [-0.3, -0.25) is 4.79 Å². The van der Waals surface area contributed by atoms with Crippen LogP contribution in [0, 0.1) is 0 Å². The Balaban J connectivity index is 2.25. The molecule has 0 amide bonds. The monoisotopic (exact) mass is 282 g/mol. The van der Waals surface area contributed by atoms with E-state index >= 15 is 0 Å². The van der Waals surface area contributed by atoms with Crippen molar-refractivity contribution in [3.05, 3.63) is 0 Å². The molecule has 1 fully saturated rings. The number of ether oxygens (including phenoxy) is 1. The number of hydrogen-bond acceptors (Lipinski definition) is 2. The molecule has 0 atom stereocenters. The summed E-state index contributed by atoms with van der Waals surface area (Å²) in [5.74, 6) is 0.0344. The van der Waals surface area contributed by atoms with Crippen molar-refractivity contribution in [2.24, 2.45) is 0 Å². The maximum Gasteiger partial charge on any atom is 0.306 e. The van der Waals surface area contributed by atoms with Gasteiger partial charge >= 0.3 is 5.97 Å². The third-order valence-corrected chi connectivity index (χ3v) is 4.59. The molecular formula is C18H34O2. The highest BCUT2D eigenvalue weighted by Crippen LogP contribution is 2.36. The quantitative estimate of drug-likeness (QED) is 0.335. The van der Waals surface area contributed by atoms with E-state index in [4.69, 9.17) is 4.74 Å². The molecule has 0 radical (unpaired) electrons. The van der Waals surface area contributed by atoms with E-state index in [1.54, 1.807) is 0 Å². The average molecular weight is 282 g/mol. The maximum absolute atomic E-state index is 11.5. The predicted octanol–water partition coefficient (Wildman–Crippen LogP) is 5.78. The lowest BCUT2D eigenvalue weighted by Crippen LogP contribution is -2.28. The average Bonchev–Trinajstić information content (AvgIpc) is 2.80. The van der Waals surface area contributed by atoms with E-state index in [-0.39, 0.29) is 11.6 Å². The van der Waals surface area contributed by atoms with Gasteiger partial charge < -0.3 is 4.74 Å². The van der Waals surface area contributed by atoms with E-state index in [2.05, 4.69) is 13.8 Å². The molecular weight excluding hydrogens is 248 g/mol. The van der Waals surface area contributed by atoms with E-state index in [0.29, 0.717) is 6.42 Å². The molecule has 20 heavy (non-hydrogen) atoms. The van der Waals surface area contributed by atoms with Gasteiger partial charge in [0.2, 0.25) is 0 Å². The highest BCUT2D eigenvalue weighted by molar-refractivity contribution is 5.72. The lowest BCUT2D eigenvalue weighted by Gasteiger charge is -2.28. The first-order valence-corrected chi connectivity index (χ1v) is 8.94. The van der Waals surface area contributed by atoms with Crippen LogP contribution < -0.4 is 0 Å². The SMILES string of the molecule is CCCCCCCC1(CCCCCCC)CCC(=O)O1. The summed E-state index contributed by atoms with van der Waals surface area (Å²) in [4.78, 5) is 11.5. The summed E-state index contributed by atoms with van der Waals surface area (Å²) in [6.07, 6.45) is 16.7. The topological polar surface area (TPSA) is 26.3 Å². The summed E-state index contributed by atoms with van der Waals surface area (Å²) in [6, 6.07) is 0. The van der Waals surface area contributed by atoms with Crippen LogP contribution in [0.2, 0.25) is 0 Å². The highest BCUT2D eigenvalue weighted by atomic mass is 16.6. The van der Waals surface area contributed by atoms with E-state index in [1.807, 2.05) is 0 Å². The van der Waals surface area contributed by atoms with Crippen molar-refractivity contribution < 1.29 is 9.53 Å². The van der Waals surface area contributed by atoms with Gasteiger partial charge in [-0.2, -0.15) is 0 Å². The van der Waals surface area contributed by atoms with Gasteiger partial charge in [0.05, 0.1) is 0 Å². The summed E-state index contributed by atoms with van der Waals surface area (Å²) in [7, 11) is 0. The minimum atomic E-state index is -0.0878. The minimum Gasteiger partial charge on any atom is -0.459 e. The molecule has 2 nitrogen and oxygen atoms in total. The molecule has 0 aliphatic carbocycles. The van der Waals surface area contributed by atoms with Gasteiger partial charge in [-0.25, -0.2) is 0 Å². The molecule has 0 spiro atoms. The van der Waals surface area contributed by atoms with Crippen molar-refractivity contribution in [3.8, 4) is 0 Å². The molecule has 1 aliphatic rings. The van der Waals surface area contributed by atoms with Gasteiger partial charge in [0, 0.05) is 6.42 Å². The molecule has 0 bridgehead atoms. The van der Waals surface area contributed by atoms with Crippen molar-refractivity contribution in [2.75, 3.05) is 0 Å².